The number of benzene rings is 3. The highest BCUT2D eigenvalue weighted by Gasteiger charge is 2.31. The summed E-state index contributed by atoms with van der Waals surface area (Å²) in [7, 11) is -4.05. The van der Waals surface area contributed by atoms with Crippen LogP contribution in [0.25, 0.3) is 0 Å². The second-order valence-electron chi connectivity index (χ2n) is 6.28. The monoisotopic (exact) mass is 379 g/mol. The largest absolute Gasteiger partial charge is 0.272 e. The maximum Gasteiger partial charge on any atom is 0.272 e. The minimum Gasteiger partial charge on any atom is -0.268 e. The van der Waals surface area contributed by atoms with Gasteiger partial charge in [-0.25, -0.2) is 8.42 Å². The topological polar surface area (TPSA) is 54.5 Å². The van der Waals surface area contributed by atoms with E-state index in [2.05, 4.69) is 0 Å². The summed E-state index contributed by atoms with van der Waals surface area (Å²) in [6, 6.07) is 22.0. The van der Waals surface area contributed by atoms with E-state index in [0.29, 0.717) is 11.3 Å². The van der Waals surface area contributed by atoms with Crippen LogP contribution in [0.2, 0.25) is 0 Å². The average Bonchev–Trinajstić information content (AvgIpc) is 2.69. The summed E-state index contributed by atoms with van der Waals surface area (Å²) in [5.74, 6) is -0.577. The van der Waals surface area contributed by atoms with Gasteiger partial charge in [0.1, 0.15) is 0 Å². The van der Waals surface area contributed by atoms with E-state index in [9.17, 15) is 13.2 Å². The minimum absolute atomic E-state index is 0.0746. The fraction of sp³-hybridized carbons (Fsp3) is 0.136. The molecule has 0 aliphatic rings. The first-order valence-corrected chi connectivity index (χ1v) is 10.2. The van der Waals surface area contributed by atoms with Crippen LogP contribution in [0.4, 0.5) is 5.69 Å². The molecule has 3 aromatic carbocycles. The van der Waals surface area contributed by atoms with Gasteiger partial charge in [-0.2, -0.15) is 4.31 Å². The third kappa shape index (κ3) is 3.93. The van der Waals surface area contributed by atoms with E-state index in [1.807, 2.05) is 32.0 Å². The van der Waals surface area contributed by atoms with Crippen molar-refractivity contribution in [2.45, 2.75) is 25.2 Å². The van der Waals surface area contributed by atoms with Crippen LogP contribution in [-0.2, 0) is 16.4 Å². The van der Waals surface area contributed by atoms with Gasteiger partial charge in [-0.1, -0.05) is 55.0 Å². The van der Waals surface area contributed by atoms with Gasteiger partial charge >= 0.3 is 0 Å². The van der Waals surface area contributed by atoms with Crippen molar-refractivity contribution in [2.75, 3.05) is 4.31 Å². The molecule has 0 saturated heterocycles. The van der Waals surface area contributed by atoms with Crippen molar-refractivity contribution in [2.24, 2.45) is 0 Å². The molecule has 27 heavy (non-hydrogen) atoms. The number of amides is 1. The van der Waals surface area contributed by atoms with Crippen molar-refractivity contribution >= 4 is 21.6 Å². The summed E-state index contributed by atoms with van der Waals surface area (Å²) < 4.78 is 27.5. The predicted molar refractivity (Wildman–Crippen MR) is 107 cm³/mol. The fourth-order valence-electron chi connectivity index (χ4n) is 2.83. The lowest BCUT2D eigenvalue weighted by Crippen LogP contribution is -2.37. The summed E-state index contributed by atoms with van der Waals surface area (Å²) in [6.07, 6.45) is 0.831. The first-order valence-electron chi connectivity index (χ1n) is 8.74. The Hall–Kier alpha value is -2.92. The second kappa shape index (κ2) is 7.76. The zero-order valence-corrected chi connectivity index (χ0v) is 16.1. The third-order valence-electron chi connectivity index (χ3n) is 4.31. The Morgan fingerprint density at radius 3 is 2.15 bits per heavy atom. The number of rotatable bonds is 5. The van der Waals surface area contributed by atoms with E-state index < -0.39 is 15.9 Å². The third-order valence-corrected chi connectivity index (χ3v) is 6.04. The second-order valence-corrected chi connectivity index (χ2v) is 8.06. The minimum atomic E-state index is -4.05. The molecule has 0 atom stereocenters. The van der Waals surface area contributed by atoms with Gasteiger partial charge in [-0.05, 0) is 55.3 Å². The van der Waals surface area contributed by atoms with E-state index in [-0.39, 0.29) is 4.90 Å². The molecule has 3 rings (SSSR count). The van der Waals surface area contributed by atoms with Crippen molar-refractivity contribution in [1.82, 2.24) is 0 Å². The van der Waals surface area contributed by atoms with Crippen molar-refractivity contribution in [3.63, 3.8) is 0 Å². The Labute approximate surface area is 160 Å². The first-order chi connectivity index (χ1) is 12.9. The number of nitrogens with zero attached hydrogens (tertiary/aromatic N) is 1. The quantitative estimate of drug-likeness (QED) is 0.651. The molecule has 1 amide bonds. The highest BCUT2D eigenvalue weighted by Crippen LogP contribution is 2.26. The molecule has 0 aromatic heterocycles. The van der Waals surface area contributed by atoms with Crippen molar-refractivity contribution in [3.05, 3.63) is 95.6 Å². The zero-order valence-electron chi connectivity index (χ0n) is 15.3. The molecule has 0 radical (unpaired) electrons. The van der Waals surface area contributed by atoms with Crippen molar-refractivity contribution in [1.29, 1.82) is 0 Å². The average molecular weight is 379 g/mol. The SMILES string of the molecule is CCc1ccc(N(C(=O)c2cccc(C)c2)S(=O)(=O)c2ccccc2)cc1. The van der Waals surface area contributed by atoms with Crippen LogP contribution in [0.15, 0.2) is 83.8 Å². The molecule has 0 heterocycles. The molecule has 0 unspecified atom stereocenters. The smallest absolute Gasteiger partial charge is 0.268 e. The molecule has 3 aromatic rings. The Morgan fingerprint density at radius 1 is 0.889 bits per heavy atom. The summed E-state index contributed by atoms with van der Waals surface area (Å²) in [4.78, 5) is 13.3. The number of carbonyl (C=O) groups excluding carboxylic acids is 1. The highest BCUT2D eigenvalue weighted by molar-refractivity contribution is 7.93. The number of hydrogen-bond donors (Lipinski definition) is 0. The molecule has 4 nitrogen and oxygen atoms in total. The lowest BCUT2D eigenvalue weighted by molar-refractivity contribution is 0.101. The lowest BCUT2D eigenvalue weighted by Gasteiger charge is -2.23. The maximum atomic E-state index is 13.3. The van der Waals surface area contributed by atoms with Gasteiger partial charge in [-0.3, -0.25) is 4.79 Å². The summed E-state index contributed by atoms with van der Waals surface area (Å²) in [6.45, 7) is 3.88. The van der Waals surface area contributed by atoms with E-state index in [1.54, 1.807) is 48.5 Å². The molecule has 0 bridgehead atoms. The van der Waals surface area contributed by atoms with Crippen LogP contribution in [0.3, 0.4) is 0 Å². The van der Waals surface area contributed by atoms with Gasteiger partial charge < -0.3 is 0 Å². The Kier molecular flexibility index (Phi) is 5.42. The van der Waals surface area contributed by atoms with E-state index in [0.717, 1.165) is 21.9 Å². The van der Waals surface area contributed by atoms with Crippen LogP contribution < -0.4 is 4.31 Å². The van der Waals surface area contributed by atoms with Gasteiger partial charge in [0.2, 0.25) is 0 Å². The summed E-state index contributed by atoms with van der Waals surface area (Å²) >= 11 is 0. The van der Waals surface area contributed by atoms with Crippen LogP contribution in [0.1, 0.15) is 28.4 Å². The molecule has 0 N–H and O–H groups in total. The van der Waals surface area contributed by atoms with E-state index in [1.165, 1.54) is 12.1 Å². The van der Waals surface area contributed by atoms with Gasteiger partial charge in [0.25, 0.3) is 15.9 Å². The van der Waals surface area contributed by atoms with Crippen LogP contribution in [0, 0.1) is 6.92 Å². The predicted octanol–water partition coefficient (Wildman–Crippen LogP) is 4.59. The van der Waals surface area contributed by atoms with Crippen molar-refractivity contribution < 1.29 is 13.2 Å². The molecular weight excluding hydrogens is 358 g/mol. The number of sulfonamides is 1. The van der Waals surface area contributed by atoms with Crippen LogP contribution in [-0.4, -0.2) is 14.3 Å². The zero-order chi connectivity index (χ0) is 19.4. The van der Waals surface area contributed by atoms with E-state index in [4.69, 9.17) is 0 Å². The molecule has 0 aliphatic heterocycles. The normalized spacial score (nSPS) is 11.2. The Balaban J connectivity index is 2.15. The van der Waals surface area contributed by atoms with Gasteiger partial charge in [0.15, 0.2) is 0 Å². The van der Waals surface area contributed by atoms with E-state index >= 15 is 0 Å². The maximum absolute atomic E-state index is 13.3. The number of aryl methyl sites for hydroxylation is 2. The fourth-order valence-corrected chi connectivity index (χ4v) is 4.26. The van der Waals surface area contributed by atoms with Crippen molar-refractivity contribution in [3.8, 4) is 0 Å². The number of carbonyl (C=O) groups is 1. The van der Waals surface area contributed by atoms with Gasteiger partial charge in [0, 0.05) is 5.56 Å². The highest BCUT2D eigenvalue weighted by atomic mass is 32.2. The molecular formula is C22H21NO3S. The molecule has 5 heteroatoms. The van der Waals surface area contributed by atoms with Crippen LogP contribution >= 0.6 is 0 Å². The molecule has 0 saturated carbocycles. The molecule has 0 aliphatic carbocycles. The Morgan fingerprint density at radius 2 is 1.56 bits per heavy atom. The molecule has 138 valence electrons. The lowest BCUT2D eigenvalue weighted by atomic mass is 10.1. The number of anilines is 1. The number of hydrogen-bond acceptors (Lipinski definition) is 3. The summed E-state index contributed by atoms with van der Waals surface area (Å²) in [5, 5.41) is 0. The van der Waals surface area contributed by atoms with Gasteiger partial charge in [0.05, 0.1) is 10.6 Å². The molecule has 0 fully saturated rings. The standard InChI is InChI=1S/C22H21NO3S/c1-3-18-12-14-20(15-13-18)23(22(24)19-9-7-8-17(2)16-19)27(25,26)21-10-5-4-6-11-21/h4-16H,3H2,1-2H3. The van der Waals surface area contributed by atoms with Crippen LogP contribution in [0.5, 0.6) is 0 Å². The first kappa shape index (κ1) is 18.9. The summed E-state index contributed by atoms with van der Waals surface area (Å²) in [5.41, 5.74) is 2.61. The molecule has 0 spiro atoms. The van der Waals surface area contributed by atoms with Gasteiger partial charge in [-0.15, -0.1) is 0 Å². The Bertz CT molecular complexity index is 1040.